The van der Waals surface area contributed by atoms with Crippen molar-refractivity contribution in [2.24, 2.45) is 0 Å². The standard InChI is InChI=1S/C23H34NO5/c1-4-22(26)28-20-11-8-16(13-21(20)29-23(27)5-2)7-6-12-24(3)17-9-10-18(24)15-19(25)14-17/h8,11,13,17-19,25H,4-7,9-10,12,14-15H2,1-3H3/q+1. The number of esters is 2. The lowest BCUT2D eigenvalue weighted by Crippen LogP contribution is -2.58. The molecule has 0 spiro atoms. The molecule has 0 aromatic heterocycles. The second-order valence-electron chi connectivity index (χ2n) is 8.62. The third-order valence-corrected chi connectivity index (χ3v) is 6.73. The number of hydrogen-bond acceptors (Lipinski definition) is 5. The lowest BCUT2D eigenvalue weighted by atomic mass is 9.96. The second-order valence-corrected chi connectivity index (χ2v) is 8.62. The van der Waals surface area contributed by atoms with Crippen molar-refractivity contribution in [3.8, 4) is 11.5 Å². The fourth-order valence-electron chi connectivity index (χ4n) is 4.97. The molecule has 2 saturated heterocycles. The quantitative estimate of drug-likeness (QED) is 0.408. The largest absolute Gasteiger partial charge is 0.423 e. The summed E-state index contributed by atoms with van der Waals surface area (Å²) in [6, 6.07) is 6.62. The first-order valence-corrected chi connectivity index (χ1v) is 10.9. The Morgan fingerprint density at radius 3 is 2.21 bits per heavy atom. The van der Waals surface area contributed by atoms with E-state index in [1.807, 2.05) is 12.1 Å². The van der Waals surface area contributed by atoms with Crippen LogP contribution in [-0.4, -0.2) is 53.3 Å². The summed E-state index contributed by atoms with van der Waals surface area (Å²) in [4.78, 5) is 23.4. The van der Waals surface area contributed by atoms with E-state index in [9.17, 15) is 14.7 Å². The average Bonchev–Trinajstić information content (AvgIpc) is 2.86. The molecule has 1 aromatic carbocycles. The van der Waals surface area contributed by atoms with E-state index in [4.69, 9.17) is 9.47 Å². The molecule has 2 atom stereocenters. The first-order chi connectivity index (χ1) is 13.9. The van der Waals surface area contributed by atoms with Crippen LogP contribution in [0.15, 0.2) is 18.2 Å². The lowest BCUT2D eigenvalue weighted by Gasteiger charge is -2.46. The van der Waals surface area contributed by atoms with Gasteiger partial charge in [-0.15, -0.1) is 0 Å². The second kappa shape index (κ2) is 9.26. The summed E-state index contributed by atoms with van der Waals surface area (Å²) in [5, 5.41) is 10.1. The number of carbonyl (C=O) groups excluding carboxylic acids is 2. The van der Waals surface area contributed by atoms with Crippen LogP contribution in [-0.2, 0) is 16.0 Å². The third-order valence-electron chi connectivity index (χ3n) is 6.73. The zero-order chi connectivity index (χ0) is 21.0. The molecule has 2 heterocycles. The zero-order valence-electron chi connectivity index (χ0n) is 17.9. The Labute approximate surface area is 173 Å². The summed E-state index contributed by atoms with van der Waals surface area (Å²) in [5.41, 5.74) is 1.07. The van der Waals surface area contributed by atoms with Gasteiger partial charge in [-0.25, -0.2) is 0 Å². The highest BCUT2D eigenvalue weighted by atomic mass is 16.6. The highest BCUT2D eigenvalue weighted by Crippen LogP contribution is 2.41. The van der Waals surface area contributed by atoms with Crippen LogP contribution in [0.25, 0.3) is 0 Å². The van der Waals surface area contributed by atoms with Crippen LogP contribution >= 0.6 is 0 Å². The van der Waals surface area contributed by atoms with Crippen molar-refractivity contribution >= 4 is 11.9 Å². The summed E-state index contributed by atoms with van der Waals surface area (Å²) in [6.45, 7) is 4.54. The predicted molar refractivity (Wildman–Crippen MR) is 110 cm³/mol. The first kappa shape index (κ1) is 21.8. The third kappa shape index (κ3) is 4.98. The summed E-state index contributed by atoms with van der Waals surface area (Å²) in [5.74, 6) is -0.0913. The number of rotatable bonds is 8. The predicted octanol–water partition coefficient (Wildman–Crippen LogP) is 3.38. The maximum Gasteiger partial charge on any atom is 0.311 e. The van der Waals surface area contributed by atoms with Gasteiger partial charge < -0.3 is 19.1 Å². The number of aliphatic hydroxyl groups is 1. The summed E-state index contributed by atoms with van der Waals surface area (Å²) >= 11 is 0. The normalized spacial score (nSPS) is 28.2. The van der Waals surface area contributed by atoms with E-state index in [0.717, 1.165) is 42.3 Å². The average molecular weight is 405 g/mol. The number of piperidine rings is 1. The molecule has 2 fully saturated rings. The molecule has 6 heteroatoms. The van der Waals surface area contributed by atoms with Crippen LogP contribution in [0, 0.1) is 0 Å². The zero-order valence-corrected chi connectivity index (χ0v) is 17.9. The Morgan fingerprint density at radius 1 is 1.03 bits per heavy atom. The first-order valence-electron chi connectivity index (χ1n) is 10.9. The van der Waals surface area contributed by atoms with E-state index < -0.39 is 0 Å². The number of hydrogen-bond donors (Lipinski definition) is 1. The van der Waals surface area contributed by atoms with Gasteiger partial charge in [0.05, 0.1) is 31.8 Å². The molecule has 2 unspecified atom stereocenters. The number of nitrogens with zero attached hydrogens (tertiary/aromatic N) is 1. The summed E-state index contributed by atoms with van der Waals surface area (Å²) < 4.78 is 11.8. The number of aliphatic hydroxyl groups excluding tert-OH is 1. The van der Waals surface area contributed by atoms with Gasteiger partial charge in [-0.2, -0.15) is 0 Å². The molecule has 1 N–H and O–H groups in total. The highest BCUT2D eigenvalue weighted by Gasteiger charge is 2.50. The molecule has 1 aromatic rings. The maximum absolute atomic E-state index is 11.8. The molecular weight excluding hydrogens is 370 g/mol. The van der Waals surface area contributed by atoms with Crippen LogP contribution in [0.4, 0.5) is 0 Å². The molecule has 0 saturated carbocycles. The van der Waals surface area contributed by atoms with Crippen molar-refractivity contribution < 1.29 is 28.7 Å². The topological polar surface area (TPSA) is 72.8 Å². The van der Waals surface area contributed by atoms with Crippen LogP contribution in [0.3, 0.4) is 0 Å². The molecule has 6 nitrogen and oxygen atoms in total. The van der Waals surface area contributed by atoms with Crippen LogP contribution < -0.4 is 9.47 Å². The van der Waals surface area contributed by atoms with E-state index in [2.05, 4.69) is 7.05 Å². The Balaban J connectivity index is 1.65. The van der Waals surface area contributed by atoms with Gasteiger partial charge in [0.2, 0.25) is 0 Å². The number of aryl methyl sites for hydroxylation is 1. The van der Waals surface area contributed by atoms with E-state index in [1.54, 1.807) is 19.9 Å². The van der Waals surface area contributed by atoms with Crippen molar-refractivity contribution in [3.05, 3.63) is 23.8 Å². The molecule has 2 aliphatic heterocycles. The van der Waals surface area contributed by atoms with Crippen molar-refractivity contribution in [3.63, 3.8) is 0 Å². The maximum atomic E-state index is 11.8. The van der Waals surface area contributed by atoms with Crippen LogP contribution in [0.1, 0.15) is 64.4 Å². The van der Waals surface area contributed by atoms with Crippen LogP contribution in [0.2, 0.25) is 0 Å². The fourth-order valence-corrected chi connectivity index (χ4v) is 4.97. The van der Waals surface area contributed by atoms with Crippen LogP contribution in [0.5, 0.6) is 11.5 Å². The molecular formula is C23H34NO5+. The minimum absolute atomic E-state index is 0.132. The minimum Gasteiger partial charge on any atom is -0.423 e. The van der Waals surface area contributed by atoms with E-state index >= 15 is 0 Å². The number of ether oxygens (including phenoxy) is 2. The smallest absolute Gasteiger partial charge is 0.311 e. The number of fused-ring (bicyclic) bond motifs is 2. The van der Waals surface area contributed by atoms with Crippen molar-refractivity contribution in [1.29, 1.82) is 0 Å². The molecule has 2 bridgehead atoms. The fraction of sp³-hybridized carbons (Fsp3) is 0.652. The van der Waals surface area contributed by atoms with Gasteiger partial charge in [0, 0.05) is 44.9 Å². The monoisotopic (exact) mass is 404 g/mol. The molecule has 160 valence electrons. The minimum atomic E-state index is -0.355. The van der Waals surface area contributed by atoms with Gasteiger partial charge in [0.15, 0.2) is 11.5 Å². The summed E-state index contributed by atoms with van der Waals surface area (Å²) in [7, 11) is 2.34. The lowest BCUT2D eigenvalue weighted by molar-refractivity contribution is -0.949. The molecule has 3 rings (SSSR count). The highest BCUT2D eigenvalue weighted by molar-refractivity contribution is 5.76. The Bertz CT molecular complexity index is 733. The molecule has 0 amide bonds. The van der Waals surface area contributed by atoms with Gasteiger partial charge in [0.1, 0.15) is 0 Å². The van der Waals surface area contributed by atoms with Crippen molar-refractivity contribution in [2.45, 2.75) is 83.4 Å². The molecule has 0 aliphatic carbocycles. The van der Waals surface area contributed by atoms with Gasteiger partial charge in [-0.1, -0.05) is 19.9 Å². The Hall–Kier alpha value is -1.92. The molecule has 2 aliphatic rings. The number of carbonyl (C=O) groups is 2. The molecule has 0 radical (unpaired) electrons. The van der Waals surface area contributed by atoms with Gasteiger partial charge in [0.25, 0.3) is 0 Å². The number of benzene rings is 1. The Kier molecular flexibility index (Phi) is 6.96. The molecule has 29 heavy (non-hydrogen) atoms. The van der Waals surface area contributed by atoms with Crippen molar-refractivity contribution in [2.75, 3.05) is 13.6 Å². The SMILES string of the molecule is CCC(=O)Oc1ccc(CCC[N+]2(C)C3CCC2CC(O)C3)cc1OC(=O)CC. The van der Waals surface area contributed by atoms with E-state index in [1.165, 1.54) is 12.8 Å². The summed E-state index contributed by atoms with van der Waals surface area (Å²) in [6.07, 6.45) is 6.55. The van der Waals surface area contributed by atoms with Gasteiger partial charge in [-0.3, -0.25) is 9.59 Å². The van der Waals surface area contributed by atoms with Crippen molar-refractivity contribution in [1.82, 2.24) is 0 Å². The van der Waals surface area contributed by atoms with Gasteiger partial charge >= 0.3 is 11.9 Å². The van der Waals surface area contributed by atoms with E-state index in [-0.39, 0.29) is 30.9 Å². The Morgan fingerprint density at radius 2 is 1.62 bits per heavy atom. The number of quaternary nitrogens is 1. The van der Waals surface area contributed by atoms with E-state index in [0.29, 0.717) is 23.6 Å². The van der Waals surface area contributed by atoms with Gasteiger partial charge in [-0.05, 0) is 24.1 Å².